The number of carbonyl (C=O) groups is 1. The molecule has 1 aliphatic heterocycles. The number of aromatic nitrogens is 3. The first-order chi connectivity index (χ1) is 19.2. The molecule has 218 valence electrons. The zero-order valence-electron chi connectivity index (χ0n) is 23.0. The van der Waals surface area contributed by atoms with Gasteiger partial charge in [-0.1, -0.05) is 19.9 Å². The molecular formula is C26H37FN8O4S. The Hall–Kier alpha value is -3.80. The summed E-state index contributed by atoms with van der Waals surface area (Å²) in [4.78, 5) is 32.7. The first-order valence-corrected chi connectivity index (χ1v) is 14.1. The summed E-state index contributed by atoms with van der Waals surface area (Å²) in [5, 5.41) is 9.69. The van der Waals surface area contributed by atoms with Crippen molar-refractivity contribution in [1.29, 1.82) is 0 Å². The number of aryl methyl sites for hydroxylation is 1. The van der Waals surface area contributed by atoms with Crippen LogP contribution in [0.3, 0.4) is 0 Å². The van der Waals surface area contributed by atoms with Crippen molar-refractivity contribution in [3.8, 4) is 12.8 Å². The number of aliphatic imine (C=N–C) groups is 2. The summed E-state index contributed by atoms with van der Waals surface area (Å²) in [6.07, 6.45) is 15.4. The second-order valence-electron chi connectivity index (χ2n) is 8.53. The fraction of sp³-hybridized carbons (Fsp3) is 0.462. The van der Waals surface area contributed by atoms with E-state index in [4.69, 9.17) is 0 Å². The van der Waals surface area contributed by atoms with E-state index in [0.29, 0.717) is 49.4 Å². The lowest BCUT2D eigenvalue weighted by atomic mass is 10.2. The molecule has 0 spiro atoms. The van der Waals surface area contributed by atoms with E-state index in [2.05, 4.69) is 37.8 Å². The fourth-order valence-corrected chi connectivity index (χ4v) is 5.34. The van der Waals surface area contributed by atoms with Gasteiger partial charge in [-0.15, -0.1) is 12.8 Å². The molecule has 1 saturated heterocycles. The van der Waals surface area contributed by atoms with Gasteiger partial charge in [0.1, 0.15) is 5.82 Å². The molecule has 12 nitrogen and oxygen atoms in total. The minimum atomic E-state index is -3.48. The first kappa shape index (κ1) is 34.2. The number of amides is 1. The Kier molecular flexibility index (Phi) is 15.8. The van der Waals surface area contributed by atoms with E-state index in [9.17, 15) is 22.8 Å². The topological polar surface area (TPSA) is 145 Å². The zero-order chi connectivity index (χ0) is 30.0. The molecule has 0 aromatic carbocycles. The van der Waals surface area contributed by atoms with Crippen LogP contribution >= 0.6 is 0 Å². The predicted molar refractivity (Wildman–Crippen MR) is 152 cm³/mol. The second kappa shape index (κ2) is 18.5. The monoisotopic (exact) mass is 576 g/mol. The van der Waals surface area contributed by atoms with Crippen LogP contribution in [0.5, 0.6) is 0 Å². The lowest BCUT2D eigenvalue weighted by molar-refractivity contribution is -0.151. The normalized spacial score (nSPS) is 14.9. The van der Waals surface area contributed by atoms with Crippen LogP contribution in [0.25, 0.3) is 0 Å². The van der Waals surface area contributed by atoms with Gasteiger partial charge in [0.15, 0.2) is 5.82 Å². The Morgan fingerprint density at radius 1 is 1.20 bits per heavy atom. The van der Waals surface area contributed by atoms with E-state index in [-0.39, 0.29) is 30.4 Å². The Labute approximate surface area is 235 Å². The number of rotatable bonds is 9. The minimum Gasteiger partial charge on any atom is -0.338 e. The van der Waals surface area contributed by atoms with Gasteiger partial charge in [0, 0.05) is 64.2 Å². The number of hydrogen-bond donors (Lipinski definition) is 1. The van der Waals surface area contributed by atoms with E-state index < -0.39 is 10.0 Å². The van der Waals surface area contributed by atoms with Gasteiger partial charge in [0.25, 0.3) is 0 Å². The Morgan fingerprint density at radius 2 is 1.85 bits per heavy atom. The summed E-state index contributed by atoms with van der Waals surface area (Å²) < 4.78 is 38.7. The molecule has 2 aromatic heterocycles. The molecule has 1 fully saturated rings. The molecule has 14 heteroatoms. The lowest BCUT2D eigenvalue weighted by Crippen LogP contribution is -2.51. The second-order valence-corrected chi connectivity index (χ2v) is 10.5. The maximum Gasteiger partial charge on any atom is 0.233 e. The van der Waals surface area contributed by atoms with E-state index in [1.54, 1.807) is 26.4 Å². The molecule has 1 amide bonds. The number of guanidine groups is 1. The predicted octanol–water partition coefficient (Wildman–Crippen LogP) is 1.54. The maximum absolute atomic E-state index is 12.6. The van der Waals surface area contributed by atoms with E-state index in [1.807, 2.05) is 30.0 Å². The molecule has 0 aliphatic carbocycles. The molecular weight excluding hydrogens is 539 g/mol. The van der Waals surface area contributed by atoms with Crippen molar-refractivity contribution in [2.45, 2.75) is 26.7 Å². The highest BCUT2D eigenvalue weighted by Crippen LogP contribution is 2.13. The Bertz CT molecular complexity index is 1190. The van der Waals surface area contributed by atoms with Crippen LogP contribution in [0.2, 0.25) is 0 Å². The number of hydrogen-bond acceptors (Lipinski definition) is 8. The number of pyridine rings is 1. The van der Waals surface area contributed by atoms with Crippen LogP contribution in [0.1, 0.15) is 25.4 Å². The number of hydroxylamine groups is 2. The molecule has 40 heavy (non-hydrogen) atoms. The number of halogens is 1. The average Bonchev–Trinajstić information content (AvgIpc) is 2.97. The number of piperazine rings is 1. The van der Waals surface area contributed by atoms with Crippen molar-refractivity contribution in [3.05, 3.63) is 54.1 Å². The van der Waals surface area contributed by atoms with E-state index >= 15 is 0 Å². The van der Waals surface area contributed by atoms with Crippen molar-refractivity contribution in [3.63, 3.8) is 0 Å². The van der Waals surface area contributed by atoms with Crippen molar-refractivity contribution < 1.29 is 22.8 Å². The van der Waals surface area contributed by atoms with Gasteiger partial charge in [-0.05, 0) is 18.1 Å². The quantitative estimate of drug-likeness (QED) is 0.118. The molecule has 1 N–H and O–H groups in total. The van der Waals surface area contributed by atoms with Crippen molar-refractivity contribution in [2.75, 3.05) is 45.5 Å². The molecule has 1 atom stereocenters. The van der Waals surface area contributed by atoms with Crippen LogP contribution in [-0.2, 0) is 27.7 Å². The Balaban J connectivity index is 0.000000609. The van der Waals surface area contributed by atoms with Crippen LogP contribution in [-0.4, -0.2) is 107 Å². The third kappa shape index (κ3) is 12.4. The summed E-state index contributed by atoms with van der Waals surface area (Å²) in [5.41, 5.74) is 0.910. The molecule has 0 radical (unpaired) electrons. The van der Waals surface area contributed by atoms with Crippen molar-refractivity contribution in [2.24, 2.45) is 15.9 Å². The van der Waals surface area contributed by atoms with Crippen LogP contribution in [0.15, 0.2) is 46.8 Å². The molecule has 3 heterocycles. The van der Waals surface area contributed by atoms with Gasteiger partial charge < -0.3 is 4.90 Å². The highest BCUT2D eigenvalue weighted by molar-refractivity contribution is 7.89. The fourth-order valence-electron chi connectivity index (χ4n) is 3.59. The summed E-state index contributed by atoms with van der Waals surface area (Å²) >= 11 is 0. The highest BCUT2D eigenvalue weighted by Gasteiger charge is 2.29. The van der Waals surface area contributed by atoms with Gasteiger partial charge in [-0.25, -0.2) is 32.8 Å². The zero-order valence-corrected chi connectivity index (χ0v) is 23.9. The minimum absolute atomic E-state index is 0.0275. The Morgan fingerprint density at radius 3 is 2.38 bits per heavy atom. The number of terminal acetylenes is 1. The third-order valence-corrected chi connectivity index (χ3v) is 7.60. The third-order valence-electron chi connectivity index (χ3n) is 5.45. The van der Waals surface area contributed by atoms with Crippen LogP contribution in [0.4, 0.5) is 4.39 Å². The maximum atomic E-state index is 12.6. The smallest absolute Gasteiger partial charge is 0.233 e. The van der Waals surface area contributed by atoms with Crippen molar-refractivity contribution >= 4 is 28.6 Å². The SMILES string of the molecule is C#C.CCc1ncc(F)cn1.CN=C(/N=C\Cc1ccccn1)N1CCN(S(=O)(=O)CC(C)CN(O)C=O)CC1. The van der Waals surface area contributed by atoms with Gasteiger partial charge in [0.2, 0.25) is 22.4 Å². The highest BCUT2D eigenvalue weighted by atomic mass is 32.2. The van der Waals surface area contributed by atoms with Crippen LogP contribution in [0, 0.1) is 24.6 Å². The summed E-state index contributed by atoms with van der Waals surface area (Å²) in [6, 6.07) is 5.70. The first-order valence-electron chi connectivity index (χ1n) is 12.5. The molecule has 1 unspecified atom stereocenters. The number of sulfonamides is 1. The van der Waals surface area contributed by atoms with Crippen LogP contribution < -0.4 is 0 Å². The summed E-state index contributed by atoms with van der Waals surface area (Å²) in [6.45, 7) is 5.22. The molecule has 0 saturated carbocycles. The molecule has 0 bridgehead atoms. The number of carbonyl (C=O) groups excluding carboxylic acids is 1. The molecule has 2 aromatic rings. The lowest BCUT2D eigenvalue weighted by Gasteiger charge is -2.35. The average molecular weight is 577 g/mol. The van der Waals surface area contributed by atoms with E-state index in [0.717, 1.165) is 12.1 Å². The number of nitrogens with zero attached hydrogens (tertiary/aromatic N) is 8. The summed E-state index contributed by atoms with van der Waals surface area (Å²) in [5.74, 6) is 0.350. The van der Waals surface area contributed by atoms with Gasteiger partial charge >= 0.3 is 0 Å². The standard InChI is InChI=1S/C18H28N6O4S.C6H7FN2.C2H2/c1-16(13-23(26)15-25)14-29(27,28)24-11-9-22(10-12-24)18(19-2)21-8-6-17-5-3-4-7-20-17;1-2-6-8-3-5(7)4-9-6;1-2/h3-5,7-8,15-16,26H,6,9-14H2,1-2H3;3-4H,2H2,1H3;1-2H/b19-18?,21-8-;;. The van der Waals surface area contributed by atoms with Gasteiger partial charge in [-0.2, -0.15) is 4.31 Å². The van der Waals surface area contributed by atoms with Crippen molar-refractivity contribution in [1.82, 2.24) is 29.2 Å². The van der Waals surface area contributed by atoms with E-state index in [1.165, 1.54) is 16.7 Å². The van der Waals surface area contributed by atoms with Gasteiger partial charge in [-0.3, -0.25) is 20.0 Å². The van der Waals surface area contributed by atoms with Gasteiger partial charge in [0.05, 0.1) is 24.7 Å². The largest absolute Gasteiger partial charge is 0.338 e. The summed E-state index contributed by atoms with van der Waals surface area (Å²) in [7, 11) is -1.82. The molecule has 3 rings (SSSR count). The molecule has 1 aliphatic rings.